The number of hydrogen-bond acceptors (Lipinski definition) is 8. The first-order chi connectivity index (χ1) is 16.5. The van der Waals surface area contributed by atoms with Crippen LogP contribution in [0.5, 0.6) is 5.75 Å². The third-order valence-electron chi connectivity index (χ3n) is 5.96. The van der Waals surface area contributed by atoms with E-state index in [1.807, 2.05) is 24.3 Å². The van der Waals surface area contributed by atoms with Crippen molar-refractivity contribution in [2.45, 2.75) is 26.0 Å². The van der Waals surface area contributed by atoms with Crippen molar-refractivity contribution >= 4 is 17.1 Å². The fraction of sp³-hybridized carbons (Fsp3) is 0.522. The maximum absolute atomic E-state index is 12.6. The van der Waals surface area contributed by atoms with Crippen LogP contribution in [0.15, 0.2) is 33.9 Å². The van der Waals surface area contributed by atoms with Crippen LogP contribution < -0.4 is 21.3 Å². The molecule has 3 N–H and O–H groups in total. The van der Waals surface area contributed by atoms with E-state index in [2.05, 4.69) is 27.1 Å². The molecule has 11 heteroatoms. The van der Waals surface area contributed by atoms with Crippen molar-refractivity contribution in [3.05, 3.63) is 50.7 Å². The van der Waals surface area contributed by atoms with Crippen LogP contribution in [0.3, 0.4) is 0 Å². The van der Waals surface area contributed by atoms with Gasteiger partial charge in [-0.15, -0.1) is 0 Å². The van der Waals surface area contributed by atoms with Gasteiger partial charge in [0.1, 0.15) is 18.5 Å². The first-order valence-corrected chi connectivity index (χ1v) is 11.6. The van der Waals surface area contributed by atoms with E-state index in [0.717, 1.165) is 31.6 Å². The molecule has 1 aromatic carbocycles. The molecule has 4 rings (SSSR count). The van der Waals surface area contributed by atoms with E-state index in [-0.39, 0.29) is 24.3 Å². The highest BCUT2D eigenvalue weighted by Gasteiger charge is 2.20. The number of aromatic nitrogens is 4. The van der Waals surface area contributed by atoms with E-state index in [1.165, 1.54) is 4.57 Å². The van der Waals surface area contributed by atoms with Crippen LogP contribution in [-0.4, -0.2) is 81.2 Å². The molecule has 0 bridgehead atoms. The number of aliphatic hydroxyl groups is 1. The van der Waals surface area contributed by atoms with Gasteiger partial charge >= 0.3 is 5.69 Å². The molecular formula is C23H32N6O5. The summed E-state index contributed by atoms with van der Waals surface area (Å²) in [6.07, 6.45) is -0.0130. The lowest BCUT2D eigenvalue weighted by Gasteiger charge is -2.26. The second-order valence-corrected chi connectivity index (χ2v) is 8.38. The van der Waals surface area contributed by atoms with E-state index in [1.54, 1.807) is 11.6 Å². The maximum atomic E-state index is 12.6. The summed E-state index contributed by atoms with van der Waals surface area (Å²) in [5.74, 6) is 1.10. The number of anilines is 1. The molecule has 3 aromatic rings. The molecule has 0 aliphatic carbocycles. The molecule has 0 spiro atoms. The molecule has 1 atom stereocenters. The average molecular weight is 473 g/mol. The van der Waals surface area contributed by atoms with E-state index in [0.29, 0.717) is 31.5 Å². The van der Waals surface area contributed by atoms with Crippen molar-refractivity contribution in [2.75, 3.05) is 51.3 Å². The molecule has 0 saturated carbocycles. The summed E-state index contributed by atoms with van der Waals surface area (Å²) in [7, 11) is 1.55. The van der Waals surface area contributed by atoms with Gasteiger partial charge < -0.3 is 24.5 Å². The van der Waals surface area contributed by atoms with Crippen molar-refractivity contribution in [3.8, 4) is 5.75 Å². The summed E-state index contributed by atoms with van der Waals surface area (Å²) >= 11 is 0. The number of hydrogen-bond donors (Lipinski definition) is 3. The second kappa shape index (κ2) is 10.9. The summed E-state index contributed by atoms with van der Waals surface area (Å²) in [5.41, 5.74) is 0.540. The van der Waals surface area contributed by atoms with Crippen molar-refractivity contribution in [1.82, 2.24) is 24.0 Å². The Labute approximate surface area is 196 Å². The number of aliphatic hydroxyl groups excluding tert-OH is 1. The Hall–Kier alpha value is -3.15. The van der Waals surface area contributed by atoms with E-state index in [9.17, 15) is 14.7 Å². The number of H-pyrrole nitrogens is 1. The fourth-order valence-electron chi connectivity index (χ4n) is 4.01. The normalized spacial score (nSPS) is 15.5. The number of imidazole rings is 1. The number of morpholine rings is 1. The van der Waals surface area contributed by atoms with E-state index < -0.39 is 17.4 Å². The minimum Gasteiger partial charge on any atom is -0.491 e. The van der Waals surface area contributed by atoms with Gasteiger partial charge in [0.2, 0.25) is 5.95 Å². The lowest BCUT2D eigenvalue weighted by atomic mass is 10.2. The predicted octanol–water partition coefficient (Wildman–Crippen LogP) is 0.170. The van der Waals surface area contributed by atoms with Crippen LogP contribution >= 0.6 is 0 Å². The summed E-state index contributed by atoms with van der Waals surface area (Å²) in [4.78, 5) is 33.8. The van der Waals surface area contributed by atoms with Crippen LogP contribution in [0.4, 0.5) is 5.95 Å². The highest BCUT2D eigenvalue weighted by Crippen LogP contribution is 2.18. The molecule has 11 nitrogen and oxygen atoms in total. The van der Waals surface area contributed by atoms with Gasteiger partial charge in [-0.2, -0.15) is 4.98 Å². The quantitative estimate of drug-likeness (QED) is 0.381. The Morgan fingerprint density at radius 1 is 1.29 bits per heavy atom. The van der Waals surface area contributed by atoms with Gasteiger partial charge in [-0.05, 0) is 24.1 Å². The molecule has 0 unspecified atom stereocenters. The number of ether oxygens (including phenoxy) is 2. The third kappa shape index (κ3) is 5.49. The van der Waals surface area contributed by atoms with E-state index >= 15 is 0 Å². The molecule has 1 aliphatic heterocycles. The second-order valence-electron chi connectivity index (χ2n) is 8.38. The number of nitrogens with one attached hydrogen (secondary N) is 2. The molecule has 1 fully saturated rings. The SMILES string of the molecule is CCc1cccc(OC[C@H](O)Cn2c(NCCN3CCOCC3)nc3c2c(=O)[nH]c(=O)n3C)c1. The first kappa shape index (κ1) is 24.0. The molecular weight excluding hydrogens is 440 g/mol. The largest absolute Gasteiger partial charge is 0.491 e. The zero-order valence-electron chi connectivity index (χ0n) is 19.6. The maximum Gasteiger partial charge on any atom is 0.329 e. The number of aryl methyl sites for hydroxylation is 2. The molecule has 1 aliphatic rings. The van der Waals surface area contributed by atoms with Crippen LogP contribution in [0, 0.1) is 0 Å². The highest BCUT2D eigenvalue weighted by atomic mass is 16.5. The number of benzene rings is 1. The third-order valence-corrected chi connectivity index (χ3v) is 5.96. The Bertz CT molecular complexity index is 1230. The number of aromatic amines is 1. The lowest BCUT2D eigenvalue weighted by Crippen LogP contribution is -2.39. The van der Waals surface area contributed by atoms with Crippen molar-refractivity contribution < 1.29 is 14.6 Å². The van der Waals surface area contributed by atoms with Gasteiger partial charge in [-0.1, -0.05) is 19.1 Å². The van der Waals surface area contributed by atoms with E-state index in [4.69, 9.17) is 9.47 Å². The van der Waals surface area contributed by atoms with Crippen molar-refractivity contribution in [2.24, 2.45) is 7.05 Å². The average Bonchev–Trinajstić information content (AvgIpc) is 3.20. The smallest absolute Gasteiger partial charge is 0.329 e. The predicted molar refractivity (Wildman–Crippen MR) is 129 cm³/mol. The Morgan fingerprint density at radius 2 is 2.09 bits per heavy atom. The van der Waals surface area contributed by atoms with Gasteiger partial charge in [-0.25, -0.2) is 4.79 Å². The molecule has 0 amide bonds. The molecule has 34 heavy (non-hydrogen) atoms. The molecule has 3 heterocycles. The molecule has 2 aromatic heterocycles. The van der Waals surface area contributed by atoms with Crippen LogP contribution in [0.2, 0.25) is 0 Å². The van der Waals surface area contributed by atoms with Crippen molar-refractivity contribution in [1.29, 1.82) is 0 Å². The summed E-state index contributed by atoms with van der Waals surface area (Å²) in [5, 5.41) is 14.0. The molecule has 1 saturated heterocycles. The number of rotatable bonds is 10. The van der Waals surface area contributed by atoms with Gasteiger partial charge in [0, 0.05) is 33.2 Å². The Kier molecular flexibility index (Phi) is 7.66. The minimum atomic E-state index is -0.904. The summed E-state index contributed by atoms with van der Waals surface area (Å²) in [6.45, 7) is 6.70. The fourth-order valence-corrected chi connectivity index (χ4v) is 4.01. The number of nitrogens with zero attached hydrogens (tertiary/aromatic N) is 4. The monoisotopic (exact) mass is 472 g/mol. The Morgan fingerprint density at radius 3 is 2.85 bits per heavy atom. The summed E-state index contributed by atoms with van der Waals surface area (Å²) in [6, 6.07) is 7.73. The lowest BCUT2D eigenvalue weighted by molar-refractivity contribution is 0.0398. The highest BCUT2D eigenvalue weighted by molar-refractivity contribution is 5.74. The van der Waals surface area contributed by atoms with Gasteiger partial charge in [0.25, 0.3) is 5.56 Å². The zero-order chi connectivity index (χ0) is 24.1. The standard InChI is InChI=1S/C23H32N6O5/c1-3-16-5-4-6-18(13-16)34-15-17(30)14-29-19-20(27(2)23(32)26-21(19)31)25-22(29)24-7-8-28-9-11-33-12-10-28/h4-6,13,17,30H,3,7-12,14-15H2,1-2H3,(H,24,25)(H,26,31,32)/t17-/m1/s1. The molecule has 184 valence electrons. The zero-order valence-corrected chi connectivity index (χ0v) is 19.6. The number of fused-ring (bicyclic) bond motifs is 1. The summed E-state index contributed by atoms with van der Waals surface area (Å²) < 4.78 is 14.1. The van der Waals surface area contributed by atoms with Gasteiger partial charge in [0.05, 0.1) is 19.8 Å². The topological polar surface area (TPSA) is 127 Å². The van der Waals surface area contributed by atoms with Crippen LogP contribution in [0.1, 0.15) is 12.5 Å². The Balaban J connectivity index is 1.52. The van der Waals surface area contributed by atoms with Gasteiger partial charge in [0.15, 0.2) is 11.2 Å². The molecule has 0 radical (unpaired) electrons. The van der Waals surface area contributed by atoms with Gasteiger partial charge in [-0.3, -0.25) is 19.2 Å². The van der Waals surface area contributed by atoms with Crippen LogP contribution in [-0.2, 0) is 24.8 Å². The minimum absolute atomic E-state index is 0.0454. The van der Waals surface area contributed by atoms with Crippen LogP contribution in [0.25, 0.3) is 11.2 Å². The van der Waals surface area contributed by atoms with Crippen molar-refractivity contribution in [3.63, 3.8) is 0 Å². The first-order valence-electron chi connectivity index (χ1n) is 11.6.